The predicted molar refractivity (Wildman–Crippen MR) is 133 cm³/mol. The number of hydrogen-bond donors (Lipinski definition) is 1. The van der Waals surface area contributed by atoms with Crippen LogP contribution in [0.2, 0.25) is 0 Å². The fourth-order valence-electron chi connectivity index (χ4n) is 4.45. The number of piperidine rings is 1. The maximum atomic E-state index is 10.7. The van der Waals surface area contributed by atoms with Crippen molar-refractivity contribution in [1.82, 2.24) is 15.1 Å². The molecular weight excluding hydrogens is 493 g/mol. The summed E-state index contributed by atoms with van der Waals surface area (Å²) in [5.41, 5.74) is 1.31. The van der Waals surface area contributed by atoms with Gasteiger partial charge in [-0.1, -0.05) is 18.6 Å². The second kappa shape index (κ2) is 13.1. The quantitative estimate of drug-likeness (QED) is 0.138. The Kier molecular flexibility index (Phi) is 10.8. The lowest BCUT2D eigenvalue weighted by atomic mass is 10.1. The normalized spacial score (nSPS) is 20.1. The smallest absolute Gasteiger partial charge is 0.269 e. The lowest BCUT2D eigenvalue weighted by Gasteiger charge is -2.29. The Hall–Kier alpha value is -1.42. The minimum atomic E-state index is -0.352. The number of nitro groups is 1. The molecule has 2 heterocycles. The first-order valence-corrected chi connectivity index (χ1v) is 11.1. The van der Waals surface area contributed by atoms with Crippen molar-refractivity contribution in [3.63, 3.8) is 0 Å². The van der Waals surface area contributed by atoms with E-state index in [2.05, 4.69) is 20.1 Å². The summed E-state index contributed by atoms with van der Waals surface area (Å²) in [6.45, 7) is 6.91. The molecule has 0 aromatic heterocycles. The third-order valence-electron chi connectivity index (χ3n) is 6.08. The van der Waals surface area contributed by atoms with E-state index in [1.54, 1.807) is 12.1 Å². The van der Waals surface area contributed by atoms with Crippen LogP contribution in [0.4, 0.5) is 5.69 Å². The van der Waals surface area contributed by atoms with E-state index in [0.29, 0.717) is 0 Å². The molecule has 1 aromatic rings. The molecule has 0 amide bonds. The van der Waals surface area contributed by atoms with E-state index in [0.717, 1.165) is 56.3 Å². The third kappa shape index (κ3) is 7.68. The molecule has 168 valence electrons. The monoisotopic (exact) mass is 529 g/mol. The summed E-state index contributed by atoms with van der Waals surface area (Å²) in [5.74, 6) is 1.79. The molecule has 2 saturated heterocycles. The van der Waals surface area contributed by atoms with Crippen LogP contribution in [0.3, 0.4) is 0 Å². The minimum absolute atomic E-state index is 0. The number of unbranched alkanes of at least 4 members (excludes halogenated alkanes) is 1. The molecule has 2 aliphatic rings. The lowest BCUT2D eigenvalue weighted by Crippen LogP contribution is -2.41. The van der Waals surface area contributed by atoms with Gasteiger partial charge in [0, 0.05) is 45.4 Å². The van der Waals surface area contributed by atoms with E-state index in [9.17, 15) is 10.1 Å². The first-order chi connectivity index (χ1) is 14.2. The van der Waals surface area contributed by atoms with Gasteiger partial charge in [0.25, 0.3) is 5.69 Å². The van der Waals surface area contributed by atoms with E-state index >= 15 is 0 Å². The molecule has 8 heteroatoms. The molecule has 2 aliphatic heterocycles. The largest absolute Gasteiger partial charge is 0.356 e. The molecule has 1 atom stereocenters. The molecule has 1 N–H and O–H groups in total. The van der Waals surface area contributed by atoms with E-state index in [1.165, 1.54) is 45.3 Å². The second-order valence-corrected chi connectivity index (χ2v) is 8.32. The van der Waals surface area contributed by atoms with E-state index in [1.807, 2.05) is 19.2 Å². The van der Waals surface area contributed by atoms with Gasteiger partial charge in [0.2, 0.25) is 0 Å². The lowest BCUT2D eigenvalue weighted by molar-refractivity contribution is -0.384. The molecule has 0 spiro atoms. The molecule has 1 unspecified atom stereocenters. The van der Waals surface area contributed by atoms with Crippen molar-refractivity contribution in [3.8, 4) is 0 Å². The number of rotatable bonds is 8. The standard InChI is InChI=1S/C22H35N5O2.HI/c1-23-22(26-16-12-20(18-26)17-25-14-5-2-6-15-25)24-13-4-3-7-19-8-10-21(11-9-19)27(28)29;/h8-11,20H,2-7,12-18H2,1H3,(H,23,24);1H. The van der Waals surface area contributed by atoms with Crippen molar-refractivity contribution < 1.29 is 4.92 Å². The number of nitro benzene ring substituents is 1. The fourth-order valence-corrected chi connectivity index (χ4v) is 4.45. The maximum absolute atomic E-state index is 10.7. The fraction of sp³-hybridized carbons (Fsp3) is 0.682. The molecule has 7 nitrogen and oxygen atoms in total. The van der Waals surface area contributed by atoms with Crippen molar-refractivity contribution in [1.29, 1.82) is 0 Å². The van der Waals surface area contributed by atoms with E-state index in [-0.39, 0.29) is 34.6 Å². The van der Waals surface area contributed by atoms with Crippen LogP contribution in [0.25, 0.3) is 0 Å². The molecule has 0 saturated carbocycles. The minimum Gasteiger partial charge on any atom is -0.356 e. The van der Waals surface area contributed by atoms with Crippen LogP contribution in [0.1, 0.15) is 44.1 Å². The Morgan fingerprint density at radius 1 is 1.17 bits per heavy atom. The molecule has 2 fully saturated rings. The number of likely N-dealkylation sites (tertiary alicyclic amines) is 2. The zero-order valence-electron chi connectivity index (χ0n) is 18.1. The third-order valence-corrected chi connectivity index (χ3v) is 6.08. The number of halogens is 1. The number of hydrogen-bond acceptors (Lipinski definition) is 4. The summed E-state index contributed by atoms with van der Waals surface area (Å²) in [6, 6.07) is 6.89. The average molecular weight is 529 g/mol. The summed E-state index contributed by atoms with van der Waals surface area (Å²) < 4.78 is 0. The predicted octanol–water partition coefficient (Wildman–Crippen LogP) is 3.92. The number of nitrogens with zero attached hydrogens (tertiary/aromatic N) is 4. The topological polar surface area (TPSA) is 74.0 Å². The van der Waals surface area contributed by atoms with Crippen molar-refractivity contribution >= 4 is 35.6 Å². The molecule has 30 heavy (non-hydrogen) atoms. The van der Waals surface area contributed by atoms with Gasteiger partial charge in [0.1, 0.15) is 0 Å². The maximum Gasteiger partial charge on any atom is 0.269 e. The van der Waals surface area contributed by atoms with Crippen molar-refractivity contribution in [2.24, 2.45) is 10.9 Å². The Morgan fingerprint density at radius 2 is 1.90 bits per heavy atom. The summed E-state index contributed by atoms with van der Waals surface area (Å²) >= 11 is 0. The summed E-state index contributed by atoms with van der Waals surface area (Å²) in [5, 5.41) is 14.2. The molecule has 3 rings (SSSR count). The van der Waals surface area contributed by atoms with Gasteiger partial charge in [-0.3, -0.25) is 15.1 Å². The Balaban J connectivity index is 0.00000320. The number of aryl methyl sites for hydroxylation is 1. The van der Waals surface area contributed by atoms with Crippen LogP contribution in [-0.2, 0) is 6.42 Å². The Labute approximate surface area is 197 Å². The van der Waals surface area contributed by atoms with Crippen molar-refractivity contribution in [2.45, 2.75) is 44.9 Å². The van der Waals surface area contributed by atoms with Gasteiger partial charge in [0.15, 0.2) is 5.96 Å². The van der Waals surface area contributed by atoms with Crippen LogP contribution < -0.4 is 5.32 Å². The summed E-state index contributed by atoms with van der Waals surface area (Å²) in [7, 11) is 1.87. The highest BCUT2D eigenvalue weighted by Crippen LogP contribution is 2.20. The summed E-state index contributed by atoms with van der Waals surface area (Å²) in [4.78, 5) is 19.9. The van der Waals surface area contributed by atoms with Crippen molar-refractivity contribution in [2.75, 3.05) is 46.3 Å². The van der Waals surface area contributed by atoms with Gasteiger partial charge in [-0.2, -0.15) is 0 Å². The highest BCUT2D eigenvalue weighted by molar-refractivity contribution is 14.0. The van der Waals surface area contributed by atoms with Crippen LogP contribution in [0, 0.1) is 16.0 Å². The molecule has 0 radical (unpaired) electrons. The number of aliphatic imine (C=N–C) groups is 1. The van der Waals surface area contributed by atoms with Gasteiger partial charge in [-0.15, -0.1) is 24.0 Å². The average Bonchev–Trinajstić information content (AvgIpc) is 3.20. The number of benzene rings is 1. The molecular formula is C22H36IN5O2. The van der Waals surface area contributed by atoms with Crippen LogP contribution >= 0.6 is 24.0 Å². The first kappa shape index (κ1) is 24.8. The van der Waals surface area contributed by atoms with Gasteiger partial charge in [0.05, 0.1) is 4.92 Å². The van der Waals surface area contributed by atoms with Crippen LogP contribution in [0.5, 0.6) is 0 Å². The second-order valence-electron chi connectivity index (χ2n) is 8.32. The number of guanidine groups is 1. The van der Waals surface area contributed by atoms with Gasteiger partial charge in [-0.05, 0) is 63.1 Å². The highest BCUT2D eigenvalue weighted by atomic mass is 127. The van der Waals surface area contributed by atoms with E-state index < -0.39 is 0 Å². The van der Waals surface area contributed by atoms with Crippen molar-refractivity contribution in [3.05, 3.63) is 39.9 Å². The Bertz CT molecular complexity index is 677. The van der Waals surface area contributed by atoms with Gasteiger partial charge < -0.3 is 15.1 Å². The molecule has 1 aromatic carbocycles. The molecule has 0 bridgehead atoms. The van der Waals surface area contributed by atoms with Crippen LogP contribution in [0.15, 0.2) is 29.3 Å². The SMILES string of the molecule is CN=C(NCCCCc1ccc([N+](=O)[O-])cc1)N1CCC(CN2CCCCC2)C1.I. The zero-order chi connectivity index (χ0) is 20.5. The highest BCUT2D eigenvalue weighted by Gasteiger charge is 2.26. The number of nitrogens with one attached hydrogen (secondary N) is 1. The van der Waals surface area contributed by atoms with E-state index in [4.69, 9.17) is 0 Å². The van der Waals surface area contributed by atoms with Gasteiger partial charge >= 0.3 is 0 Å². The number of non-ortho nitro benzene ring substituents is 1. The van der Waals surface area contributed by atoms with Gasteiger partial charge in [-0.25, -0.2) is 0 Å². The Morgan fingerprint density at radius 3 is 2.57 bits per heavy atom. The molecule has 0 aliphatic carbocycles. The zero-order valence-corrected chi connectivity index (χ0v) is 20.4. The first-order valence-electron chi connectivity index (χ1n) is 11.1. The van der Waals surface area contributed by atoms with Crippen LogP contribution in [-0.4, -0.2) is 67.0 Å². The summed E-state index contributed by atoms with van der Waals surface area (Å²) in [6.07, 6.45) is 8.44.